The highest BCUT2D eigenvalue weighted by molar-refractivity contribution is 6.00. The summed E-state index contributed by atoms with van der Waals surface area (Å²) in [6.45, 7) is 0.707. The Morgan fingerprint density at radius 2 is 2.04 bits per heavy atom. The van der Waals surface area contributed by atoms with Gasteiger partial charge in [0.05, 0.1) is 23.9 Å². The van der Waals surface area contributed by atoms with Gasteiger partial charge in [-0.2, -0.15) is 5.10 Å². The second-order valence-corrected chi connectivity index (χ2v) is 5.24. The standard InChI is InChI=1S/C17H18N4O2/c18-8-12-5-6-21-16(7-12)15(10-20-21)17(23)19-9-13-3-1-2-4-14(13)11-22/h1-7,10,22H,8-9,11,18H2,(H,19,23). The molecule has 1 amide bonds. The molecule has 3 aromatic rings. The highest BCUT2D eigenvalue weighted by atomic mass is 16.3. The number of aliphatic hydroxyl groups is 1. The van der Waals surface area contributed by atoms with Crippen LogP contribution in [-0.2, 0) is 19.7 Å². The van der Waals surface area contributed by atoms with Crippen molar-refractivity contribution in [1.82, 2.24) is 14.9 Å². The van der Waals surface area contributed by atoms with E-state index < -0.39 is 0 Å². The maximum absolute atomic E-state index is 12.4. The molecule has 6 nitrogen and oxygen atoms in total. The molecule has 0 atom stereocenters. The molecule has 23 heavy (non-hydrogen) atoms. The normalized spacial score (nSPS) is 10.9. The summed E-state index contributed by atoms with van der Waals surface area (Å²) >= 11 is 0. The molecule has 0 aliphatic carbocycles. The first-order valence-electron chi connectivity index (χ1n) is 7.35. The van der Waals surface area contributed by atoms with Crippen LogP contribution in [0.1, 0.15) is 27.0 Å². The van der Waals surface area contributed by atoms with Crippen LogP contribution in [0.25, 0.3) is 5.52 Å². The maximum Gasteiger partial charge on any atom is 0.255 e. The number of benzene rings is 1. The Balaban J connectivity index is 1.81. The van der Waals surface area contributed by atoms with Crippen LogP contribution in [0.2, 0.25) is 0 Å². The lowest BCUT2D eigenvalue weighted by Gasteiger charge is -2.08. The summed E-state index contributed by atoms with van der Waals surface area (Å²) in [4.78, 5) is 12.4. The Kier molecular flexibility index (Phi) is 4.36. The zero-order valence-corrected chi connectivity index (χ0v) is 12.6. The lowest BCUT2D eigenvalue weighted by Crippen LogP contribution is -2.23. The number of carbonyl (C=O) groups is 1. The molecule has 0 spiro atoms. The summed E-state index contributed by atoms with van der Waals surface area (Å²) in [7, 11) is 0. The summed E-state index contributed by atoms with van der Waals surface area (Å²) in [5.41, 5.74) is 9.51. The maximum atomic E-state index is 12.4. The van der Waals surface area contributed by atoms with Crippen LogP contribution in [0.3, 0.4) is 0 Å². The Morgan fingerprint density at radius 3 is 2.78 bits per heavy atom. The van der Waals surface area contributed by atoms with Crippen LogP contribution in [0.5, 0.6) is 0 Å². The third kappa shape index (κ3) is 3.08. The van der Waals surface area contributed by atoms with Crippen molar-refractivity contribution in [2.45, 2.75) is 19.7 Å². The molecule has 0 bridgehead atoms. The van der Waals surface area contributed by atoms with E-state index in [1.807, 2.05) is 36.4 Å². The van der Waals surface area contributed by atoms with Gasteiger partial charge in [-0.3, -0.25) is 4.79 Å². The molecule has 2 aromatic heterocycles. The molecular weight excluding hydrogens is 292 g/mol. The van der Waals surface area contributed by atoms with Crippen molar-refractivity contribution in [2.75, 3.05) is 0 Å². The van der Waals surface area contributed by atoms with Gasteiger partial charge in [0.1, 0.15) is 0 Å². The Labute approximate surface area is 133 Å². The topological polar surface area (TPSA) is 92.7 Å². The van der Waals surface area contributed by atoms with Crippen LogP contribution in [-0.4, -0.2) is 20.6 Å². The first-order chi connectivity index (χ1) is 11.2. The second-order valence-electron chi connectivity index (χ2n) is 5.24. The first-order valence-corrected chi connectivity index (χ1v) is 7.35. The molecule has 0 radical (unpaired) electrons. The number of hydrogen-bond acceptors (Lipinski definition) is 4. The summed E-state index contributed by atoms with van der Waals surface area (Å²) < 4.78 is 1.65. The largest absolute Gasteiger partial charge is 0.392 e. The second kappa shape index (κ2) is 6.60. The number of nitrogens with one attached hydrogen (secondary N) is 1. The number of carbonyl (C=O) groups excluding carboxylic acids is 1. The van der Waals surface area contributed by atoms with Crippen LogP contribution < -0.4 is 11.1 Å². The number of pyridine rings is 1. The van der Waals surface area contributed by atoms with Crippen molar-refractivity contribution in [2.24, 2.45) is 5.73 Å². The van der Waals surface area contributed by atoms with E-state index in [2.05, 4.69) is 10.4 Å². The SMILES string of the molecule is NCc1ccn2ncc(C(=O)NCc3ccccc3CO)c2c1. The number of nitrogens with two attached hydrogens (primary N) is 1. The predicted molar refractivity (Wildman–Crippen MR) is 86.6 cm³/mol. The van der Waals surface area contributed by atoms with E-state index in [1.54, 1.807) is 16.9 Å². The van der Waals surface area contributed by atoms with Gasteiger partial charge in [0.15, 0.2) is 0 Å². The summed E-state index contributed by atoms with van der Waals surface area (Å²) in [6.07, 6.45) is 3.33. The quantitative estimate of drug-likeness (QED) is 0.660. The van der Waals surface area contributed by atoms with Crippen molar-refractivity contribution in [3.8, 4) is 0 Å². The van der Waals surface area contributed by atoms with Crippen molar-refractivity contribution in [3.63, 3.8) is 0 Å². The highest BCUT2D eigenvalue weighted by Gasteiger charge is 2.13. The third-order valence-electron chi connectivity index (χ3n) is 3.79. The number of rotatable bonds is 5. The van der Waals surface area contributed by atoms with E-state index in [-0.39, 0.29) is 12.5 Å². The lowest BCUT2D eigenvalue weighted by atomic mass is 10.1. The average Bonchev–Trinajstić information content (AvgIpc) is 3.02. The molecule has 0 unspecified atom stereocenters. The van der Waals surface area contributed by atoms with E-state index in [4.69, 9.17) is 5.73 Å². The molecule has 2 heterocycles. The lowest BCUT2D eigenvalue weighted by molar-refractivity contribution is 0.0952. The van der Waals surface area contributed by atoms with Crippen molar-refractivity contribution in [1.29, 1.82) is 0 Å². The number of nitrogens with zero attached hydrogens (tertiary/aromatic N) is 2. The minimum absolute atomic E-state index is 0.0530. The van der Waals surface area contributed by atoms with Gasteiger partial charge in [-0.1, -0.05) is 24.3 Å². The molecule has 0 aliphatic heterocycles. The van der Waals surface area contributed by atoms with Crippen molar-refractivity contribution >= 4 is 11.4 Å². The van der Waals surface area contributed by atoms with Crippen LogP contribution in [0.4, 0.5) is 0 Å². The van der Waals surface area contributed by atoms with Gasteiger partial charge in [0, 0.05) is 19.3 Å². The molecule has 0 saturated carbocycles. The molecule has 4 N–H and O–H groups in total. The van der Waals surface area contributed by atoms with Gasteiger partial charge >= 0.3 is 0 Å². The van der Waals surface area contributed by atoms with Crippen molar-refractivity contribution < 1.29 is 9.90 Å². The Morgan fingerprint density at radius 1 is 1.26 bits per heavy atom. The number of amides is 1. The molecule has 118 valence electrons. The zero-order valence-electron chi connectivity index (χ0n) is 12.6. The molecule has 1 aromatic carbocycles. The minimum Gasteiger partial charge on any atom is -0.392 e. The van der Waals surface area contributed by atoms with Gasteiger partial charge in [0.25, 0.3) is 5.91 Å². The monoisotopic (exact) mass is 310 g/mol. The molecule has 3 rings (SSSR count). The number of aromatic nitrogens is 2. The number of fused-ring (bicyclic) bond motifs is 1. The fraction of sp³-hybridized carbons (Fsp3) is 0.176. The highest BCUT2D eigenvalue weighted by Crippen LogP contribution is 2.14. The summed E-state index contributed by atoms with van der Waals surface area (Å²) in [5, 5.41) is 16.4. The molecule has 0 saturated heterocycles. The molecule has 0 aliphatic rings. The van der Waals surface area contributed by atoms with Gasteiger partial charge in [-0.15, -0.1) is 0 Å². The Bertz CT molecular complexity index is 841. The number of hydrogen-bond donors (Lipinski definition) is 3. The predicted octanol–water partition coefficient (Wildman–Crippen LogP) is 1.22. The third-order valence-corrected chi connectivity index (χ3v) is 3.79. The fourth-order valence-electron chi connectivity index (χ4n) is 2.48. The summed E-state index contributed by atoms with van der Waals surface area (Å²) in [5.74, 6) is -0.207. The average molecular weight is 310 g/mol. The summed E-state index contributed by atoms with van der Waals surface area (Å²) in [6, 6.07) is 11.2. The smallest absolute Gasteiger partial charge is 0.255 e. The van der Waals surface area contributed by atoms with Gasteiger partial charge < -0.3 is 16.2 Å². The fourth-order valence-corrected chi connectivity index (χ4v) is 2.48. The Hall–Kier alpha value is -2.70. The van der Waals surface area contributed by atoms with E-state index in [1.165, 1.54) is 0 Å². The number of aliphatic hydroxyl groups excluding tert-OH is 1. The van der Waals surface area contributed by atoms with E-state index in [9.17, 15) is 9.90 Å². The van der Waals surface area contributed by atoms with Crippen LogP contribution in [0, 0.1) is 0 Å². The van der Waals surface area contributed by atoms with E-state index in [0.29, 0.717) is 18.7 Å². The minimum atomic E-state index is -0.207. The van der Waals surface area contributed by atoms with E-state index in [0.717, 1.165) is 22.2 Å². The molecule has 6 heteroatoms. The van der Waals surface area contributed by atoms with Gasteiger partial charge in [-0.05, 0) is 28.8 Å². The van der Waals surface area contributed by atoms with Crippen LogP contribution in [0.15, 0.2) is 48.8 Å². The molecular formula is C17H18N4O2. The first kappa shape index (κ1) is 15.2. The van der Waals surface area contributed by atoms with Gasteiger partial charge in [-0.25, -0.2) is 4.52 Å². The zero-order chi connectivity index (χ0) is 16.2. The van der Waals surface area contributed by atoms with Crippen LogP contribution >= 0.6 is 0 Å². The van der Waals surface area contributed by atoms with E-state index >= 15 is 0 Å². The van der Waals surface area contributed by atoms with Crippen molar-refractivity contribution in [3.05, 3.63) is 71.0 Å². The molecule has 0 fully saturated rings. The van der Waals surface area contributed by atoms with Gasteiger partial charge in [0.2, 0.25) is 0 Å².